The molecule has 4 nitrogen and oxygen atoms in total. The molecule has 19 heavy (non-hydrogen) atoms. The number of pyridine rings is 1. The highest BCUT2D eigenvalue weighted by Crippen LogP contribution is 2.13. The quantitative estimate of drug-likeness (QED) is 0.927. The van der Waals surface area contributed by atoms with Crippen molar-refractivity contribution in [3.8, 4) is 0 Å². The van der Waals surface area contributed by atoms with Crippen molar-refractivity contribution in [2.75, 3.05) is 19.6 Å². The van der Waals surface area contributed by atoms with Crippen LogP contribution in [-0.2, 0) is 0 Å². The number of halogens is 2. The zero-order valence-corrected chi connectivity index (χ0v) is 12.7. The summed E-state index contributed by atoms with van der Waals surface area (Å²) in [6, 6.07) is 3.98. The number of amides is 1. The summed E-state index contributed by atoms with van der Waals surface area (Å²) in [6.45, 7) is 4.84. The molecule has 0 bridgehead atoms. The molecule has 1 saturated heterocycles. The van der Waals surface area contributed by atoms with Gasteiger partial charge in [0.25, 0.3) is 5.91 Å². The van der Waals surface area contributed by atoms with E-state index in [1.54, 1.807) is 12.4 Å². The SMILES string of the molecule is CCCN(C(=O)c1cccnc1)C1CCNC1.Cl.Cl. The average Bonchev–Trinajstić information content (AvgIpc) is 2.90. The van der Waals surface area contributed by atoms with Crippen molar-refractivity contribution in [3.63, 3.8) is 0 Å². The Labute approximate surface area is 126 Å². The van der Waals surface area contributed by atoms with Crippen LogP contribution >= 0.6 is 24.8 Å². The molecule has 108 valence electrons. The fourth-order valence-corrected chi connectivity index (χ4v) is 2.25. The van der Waals surface area contributed by atoms with Gasteiger partial charge in [-0.05, 0) is 31.5 Å². The number of nitrogens with one attached hydrogen (secondary N) is 1. The van der Waals surface area contributed by atoms with Crippen molar-refractivity contribution in [2.45, 2.75) is 25.8 Å². The van der Waals surface area contributed by atoms with Crippen molar-refractivity contribution in [3.05, 3.63) is 30.1 Å². The van der Waals surface area contributed by atoms with Crippen molar-refractivity contribution in [1.82, 2.24) is 15.2 Å². The Morgan fingerprint density at radius 2 is 2.32 bits per heavy atom. The van der Waals surface area contributed by atoms with Crippen LogP contribution in [0.3, 0.4) is 0 Å². The molecule has 1 unspecified atom stereocenters. The molecule has 0 radical (unpaired) electrons. The van der Waals surface area contributed by atoms with E-state index in [9.17, 15) is 4.79 Å². The van der Waals surface area contributed by atoms with E-state index in [1.807, 2.05) is 17.0 Å². The fraction of sp³-hybridized carbons (Fsp3) is 0.538. The molecular formula is C13H21Cl2N3O. The highest BCUT2D eigenvalue weighted by molar-refractivity contribution is 5.94. The summed E-state index contributed by atoms with van der Waals surface area (Å²) < 4.78 is 0. The molecule has 1 fully saturated rings. The molecule has 1 amide bonds. The van der Waals surface area contributed by atoms with E-state index in [0.29, 0.717) is 11.6 Å². The fourth-order valence-electron chi connectivity index (χ4n) is 2.25. The minimum atomic E-state index is 0. The van der Waals surface area contributed by atoms with Gasteiger partial charge < -0.3 is 10.2 Å². The number of nitrogens with zero attached hydrogens (tertiary/aromatic N) is 2. The largest absolute Gasteiger partial charge is 0.334 e. The maximum atomic E-state index is 12.4. The lowest BCUT2D eigenvalue weighted by Crippen LogP contribution is -2.42. The summed E-state index contributed by atoms with van der Waals surface area (Å²) in [5.74, 6) is 0.105. The Morgan fingerprint density at radius 3 is 2.84 bits per heavy atom. The van der Waals surface area contributed by atoms with Crippen molar-refractivity contribution < 1.29 is 4.79 Å². The van der Waals surface area contributed by atoms with Gasteiger partial charge in [-0.3, -0.25) is 9.78 Å². The van der Waals surface area contributed by atoms with E-state index < -0.39 is 0 Å². The predicted molar refractivity (Wildman–Crippen MR) is 81.3 cm³/mol. The Kier molecular flexibility index (Phi) is 8.72. The summed E-state index contributed by atoms with van der Waals surface area (Å²) in [4.78, 5) is 18.4. The molecule has 1 N–H and O–H groups in total. The summed E-state index contributed by atoms with van der Waals surface area (Å²) in [5.41, 5.74) is 0.688. The molecule has 1 aliphatic heterocycles. The van der Waals surface area contributed by atoms with Crippen LogP contribution in [0.5, 0.6) is 0 Å². The van der Waals surface area contributed by atoms with E-state index in [4.69, 9.17) is 0 Å². The van der Waals surface area contributed by atoms with Crippen LogP contribution in [0, 0.1) is 0 Å². The van der Waals surface area contributed by atoms with Gasteiger partial charge >= 0.3 is 0 Å². The smallest absolute Gasteiger partial charge is 0.255 e. The van der Waals surface area contributed by atoms with E-state index in [1.165, 1.54) is 0 Å². The third-order valence-electron chi connectivity index (χ3n) is 3.11. The Hall–Kier alpha value is -0.840. The summed E-state index contributed by atoms with van der Waals surface area (Å²) in [5, 5.41) is 3.31. The summed E-state index contributed by atoms with van der Waals surface area (Å²) >= 11 is 0. The second-order valence-corrected chi connectivity index (χ2v) is 4.39. The Balaban J connectivity index is 0.00000162. The van der Waals surface area contributed by atoms with Crippen molar-refractivity contribution in [2.24, 2.45) is 0 Å². The molecule has 0 aromatic carbocycles. The number of rotatable bonds is 4. The molecule has 1 aromatic rings. The molecule has 0 aliphatic carbocycles. The first-order chi connectivity index (χ1) is 8.33. The van der Waals surface area contributed by atoms with Gasteiger partial charge in [-0.1, -0.05) is 6.92 Å². The van der Waals surface area contributed by atoms with E-state index in [2.05, 4.69) is 17.2 Å². The second kappa shape index (κ2) is 9.13. The van der Waals surface area contributed by atoms with Gasteiger partial charge in [-0.2, -0.15) is 0 Å². The standard InChI is InChI=1S/C13H19N3O.2ClH/c1-2-8-16(12-5-7-15-10-12)13(17)11-4-3-6-14-9-11;;/h3-4,6,9,12,15H,2,5,7-8,10H2,1H3;2*1H. The minimum absolute atomic E-state index is 0. The van der Waals surface area contributed by atoms with Crippen molar-refractivity contribution in [1.29, 1.82) is 0 Å². The molecule has 1 aromatic heterocycles. The van der Waals surface area contributed by atoms with Crippen molar-refractivity contribution >= 4 is 30.7 Å². The van der Waals surface area contributed by atoms with Crippen LogP contribution in [0.25, 0.3) is 0 Å². The van der Waals surface area contributed by atoms with Gasteiger partial charge in [-0.15, -0.1) is 24.8 Å². The van der Waals surface area contributed by atoms with Crippen LogP contribution in [0.4, 0.5) is 0 Å². The van der Waals surface area contributed by atoms with Gasteiger partial charge in [0.1, 0.15) is 0 Å². The Bertz CT molecular complexity index is 369. The molecular weight excluding hydrogens is 285 g/mol. The van der Waals surface area contributed by atoms with Gasteiger partial charge in [0.15, 0.2) is 0 Å². The molecule has 6 heteroatoms. The number of carbonyl (C=O) groups is 1. The highest BCUT2D eigenvalue weighted by Gasteiger charge is 2.26. The second-order valence-electron chi connectivity index (χ2n) is 4.39. The Morgan fingerprint density at radius 1 is 1.53 bits per heavy atom. The summed E-state index contributed by atoms with van der Waals surface area (Å²) in [7, 11) is 0. The van der Waals surface area contributed by atoms with E-state index in [0.717, 1.165) is 32.5 Å². The third-order valence-corrected chi connectivity index (χ3v) is 3.11. The van der Waals surface area contributed by atoms with Crippen LogP contribution in [0.2, 0.25) is 0 Å². The van der Waals surface area contributed by atoms with Gasteiger partial charge in [0, 0.05) is 31.5 Å². The zero-order valence-electron chi connectivity index (χ0n) is 11.0. The number of hydrogen-bond acceptors (Lipinski definition) is 3. The first-order valence-electron chi connectivity index (χ1n) is 6.24. The molecule has 0 spiro atoms. The van der Waals surface area contributed by atoms with E-state index >= 15 is 0 Å². The van der Waals surface area contributed by atoms with Gasteiger partial charge in [-0.25, -0.2) is 0 Å². The van der Waals surface area contributed by atoms with Crippen LogP contribution < -0.4 is 5.32 Å². The average molecular weight is 306 g/mol. The maximum Gasteiger partial charge on any atom is 0.255 e. The lowest BCUT2D eigenvalue weighted by atomic mass is 10.1. The first-order valence-corrected chi connectivity index (χ1v) is 6.24. The van der Waals surface area contributed by atoms with E-state index in [-0.39, 0.29) is 30.7 Å². The summed E-state index contributed by atoms with van der Waals surface area (Å²) in [6.07, 6.45) is 5.37. The van der Waals surface area contributed by atoms with Crippen LogP contribution in [0.1, 0.15) is 30.1 Å². The van der Waals surface area contributed by atoms with Gasteiger partial charge in [0.05, 0.1) is 5.56 Å². The lowest BCUT2D eigenvalue weighted by Gasteiger charge is -2.28. The number of hydrogen-bond donors (Lipinski definition) is 1. The molecule has 2 heterocycles. The number of aromatic nitrogens is 1. The minimum Gasteiger partial charge on any atom is -0.334 e. The first kappa shape index (κ1) is 18.2. The monoisotopic (exact) mass is 305 g/mol. The normalized spacial score (nSPS) is 17.2. The topological polar surface area (TPSA) is 45.2 Å². The van der Waals surface area contributed by atoms with Crippen LogP contribution in [0.15, 0.2) is 24.5 Å². The predicted octanol–water partition coefficient (Wildman–Crippen LogP) is 2.14. The molecule has 0 saturated carbocycles. The van der Waals surface area contributed by atoms with Gasteiger partial charge in [0.2, 0.25) is 0 Å². The lowest BCUT2D eigenvalue weighted by molar-refractivity contribution is 0.0692. The maximum absolute atomic E-state index is 12.4. The number of carbonyl (C=O) groups excluding carboxylic acids is 1. The van der Waals surface area contributed by atoms with Crippen LogP contribution in [-0.4, -0.2) is 41.5 Å². The molecule has 1 atom stereocenters. The molecule has 1 aliphatic rings. The highest BCUT2D eigenvalue weighted by atomic mass is 35.5. The molecule has 2 rings (SSSR count). The zero-order chi connectivity index (χ0) is 12.1. The third kappa shape index (κ3) is 4.64.